The van der Waals surface area contributed by atoms with Crippen LogP contribution in [-0.4, -0.2) is 37.6 Å². The van der Waals surface area contributed by atoms with Gasteiger partial charge < -0.3 is 4.90 Å². The molecule has 1 heterocycles. The van der Waals surface area contributed by atoms with E-state index in [0.29, 0.717) is 23.8 Å². The zero-order valence-electron chi connectivity index (χ0n) is 14.9. The Bertz CT molecular complexity index is 665. The third-order valence-corrected chi connectivity index (χ3v) is 7.52. The highest BCUT2D eigenvalue weighted by molar-refractivity contribution is 7.91. The van der Waals surface area contributed by atoms with Gasteiger partial charge in [-0.3, -0.25) is 4.79 Å². The molecule has 0 spiro atoms. The number of carbonyl (C=O) groups is 1. The molecular weight excluding hydrogens is 334 g/mol. The van der Waals surface area contributed by atoms with Gasteiger partial charge in [-0.05, 0) is 37.3 Å². The molecule has 1 aliphatic heterocycles. The Labute approximate surface area is 151 Å². The monoisotopic (exact) mass is 363 g/mol. The molecule has 4 nitrogen and oxygen atoms in total. The second-order valence-corrected chi connectivity index (χ2v) is 9.55. The summed E-state index contributed by atoms with van der Waals surface area (Å²) in [6.07, 6.45) is 9.65. The molecule has 2 aliphatic rings. The lowest BCUT2D eigenvalue weighted by Crippen LogP contribution is -2.39. The summed E-state index contributed by atoms with van der Waals surface area (Å²) in [5.41, 5.74) is 0. The minimum absolute atomic E-state index is 0.0478. The lowest BCUT2D eigenvalue weighted by atomic mass is 9.86. The maximum absolute atomic E-state index is 12.7. The van der Waals surface area contributed by atoms with Gasteiger partial charge in [0, 0.05) is 19.0 Å². The molecule has 1 aromatic rings. The third-order valence-electron chi connectivity index (χ3n) is 5.70. The first kappa shape index (κ1) is 18.4. The van der Waals surface area contributed by atoms with E-state index in [1.165, 1.54) is 32.1 Å². The van der Waals surface area contributed by atoms with Gasteiger partial charge >= 0.3 is 0 Å². The number of hydrogen-bond acceptors (Lipinski definition) is 3. The Hall–Kier alpha value is -1.36. The number of benzene rings is 1. The zero-order chi connectivity index (χ0) is 17.7. The largest absolute Gasteiger partial charge is 0.339 e. The highest BCUT2D eigenvalue weighted by Crippen LogP contribution is 2.29. The van der Waals surface area contributed by atoms with E-state index in [4.69, 9.17) is 0 Å². The standard InChI is InChI=1S/C20H29NO3S/c22-20(14-13-17-8-3-1-4-9-17)21-15-7-10-18(21)16-25(23,24)19-11-5-2-6-12-19/h2,5-6,11-12,17-18H,1,3-4,7-10,13-16H2. The normalized spacial score (nSPS) is 22.2. The number of carbonyl (C=O) groups excluding carboxylic acids is 1. The van der Waals surface area contributed by atoms with E-state index in [1.54, 1.807) is 24.3 Å². The van der Waals surface area contributed by atoms with E-state index in [1.807, 2.05) is 11.0 Å². The first-order valence-corrected chi connectivity index (χ1v) is 11.3. The van der Waals surface area contributed by atoms with Crippen molar-refractivity contribution in [3.05, 3.63) is 30.3 Å². The molecule has 3 rings (SSSR count). The highest BCUT2D eigenvalue weighted by Gasteiger charge is 2.33. The summed E-state index contributed by atoms with van der Waals surface area (Å²) >= 11 is 0. The molecule has 1 amide bonds. The summed E-state index contributed by atoms with van der Waals surface area (Å²) in [4.78, 5) is 14.8. The van der Waals surface area contributed by atoms with Crippen molar-refractivity contribution in [3.63, 3.8) is 0 Å². The summed E-state index contributed by atoms with van der Waals surface area (Å²) in [7, 11) is -3.34. The fraction of sp³-hybridized carbons (Fsp3) is 0.650. The van der Waals surface area contributed by atoms with Crippen LogP contribution in [0.2, 0.25) is 0 Å². The van der Waals surface area contributed by atoms with Gasteiger partial charge in [-0.25, -0.2) is 8.42 Å². The van der Waals surface area contributed by atoms with Crippen LogP contribution < -0.4 is 0 Å². The van der Waals surface area contributed by atoms with E-state index in [0.717, 1.165) is 19.3 Å². The minimum Gasteiger partial charge on any atom is -0.339 e. The molecule has 1 aromatic carbocycles. The number of hydrogen-bond donors (Lipinski definition) is 0. The maximum Gasteiger partial charge on any atom is 0.222 e. The van der Waals surface area contributed by atoms with Gasteiger partial charge in [-0.15, -0.1) is 0 Å². The molecule has 138 valence electrons. The van der Waals surface area contributed by atoms with Gasteiger partial charge in [0.05, 0.1) is 10.6 Å². The van der Waals surface area contributed by atoms with Crippen LogP contribution in [0.5, 0.6) is 0 Å². The van der Waals surface area contributed by atoms with Crippen molar-refractivity contribution in [2.24, 2.45) is 5.92 Å². The van der Waals surface area contributed by atoms with Gasteiger partial charge in [0.15, 0.2) is 9.84 Å². The highest BCUT2D eigenvalue weighted by atomic mass is 32.2. The molecule has 25 heavy (non-hydrogen) atoms. The lowest BCUT2D eigenvalue weighted by molar-refractivity contribution is -0.132. The van der Waals surface area contributed by atoms with E-state index >= 15 is 0 Å². The first-order valence-electron chi connectivity index (χ1n) is 9.63. The van der Waals surface area contributed by atoms with Crippen LogP contribution >= 0.6 is 0 Å². The van der Waals surface area contributed by atoms with E-state index in [9.17, 15) is 13.2 Å². The van der Waals surface area contributed by atoms with Gasteiger partial charge in [0.2, 0.25) is 5.91 Å². The lowest BCUT2D eigenvalue weighted by Gasteiger charge is -2.26. The molecular formula is C20H29NO3S. The van der Waals surface area contributed by atoms with Crippen LogP contribution in [0.15, 0.2) is 35.2 Å². The van der Waals surface area contributed by atoms with Crippen LogP contribution in [-0.2, 0) is 14.6 Å². The molecule has 1 saturated heterocycles. The van der Waals surface area contributed by atoms with E-state index in [-0.39, 0.29) is 17.7 Å². The molecule has 5 heteroatoms. The summed E-state index contributed by atoms with van der Waals surface area (Å²) in [5.74, 6) is 0.884. The second kappa shape index (κ2) is 8.35. The summed E-state index contributed by atoms with van der Waals surface area (Å²) in [6, 6.07) is 8.42. The fourth-order valence-corrected chi connectivity index (χ4v) is 5.88. The Morgan fingerprint density at radius 3 is 2.44 bits per heavy atom. The average molecular weight is 364 g/mol. The van der Waals surface area contributed by atoms with Crippen LogP contribution in [0.4, 0.5) is 0 Å². The molecule has 1 atom stereocenters. The number of rotatable bonds is 6. The SMILES string of the molecule is O=C(CCC1CCCCC1)N1CCCC1CS(=O)(=O)c1ccccc1. The van der Waals surface area contributed by atoms with E-state index < -0.39 is 9.84 Å². The predicted molar refractivity (Wildman–Crippen MR) is 99.0 cm³/mol. The molecule has 1 unspecified atom stereocenters. The Morgan fingerprint density at radius 2 is 1.72 bits per heavy atom. The van der Waals surface area contributed by atoms with Gasteiger partial charge in [0.25, 0.3) is 0 Å². The Morgan fingerprint density at radius 1 is 1.00 bits per heavy atom. The average Bonchev–Trinajstić information content (AvgIpc) is 3.09. The Balaban J connectivity index is 1.57. The van der Waals surface area contributed by atoms with Crippen molar-refractivity contribution in [3.8, 4) is 0 Å². The van der Waals surface area contributed by atoms with Crippen LogP contribution in [0, 0.1) is 5.92 Å². The minimum atomic E-state index is -3.34. The van der Waals surface area contributed by atoms with Crippen LogP contribution in [0.25, 0.3) is 0 Å². The van der Waals surface area contributed by atoms with Gasteiger partial charge in [0.1, 0.15) is 0 Å². The van der Waals surface area contributed by atoms with Gasteiger partial charge in [-0.2, -0.15) is 0 Å². The third kappa shape index (κ3) is 4.84. The van der Waals surface area contributed by atoms with Gasteiger partial charge in [-0.1, -0.05) is 50.3 Å². The fourth-order valence-electron chi connectivity index (χ4n) is 4.26. The summed E-state index contributed by atoms with van der Waals surface area (Å²) in [6.45, 7) is 0.707. The molecule has 0 bridgehead atoms. The van der Waals surface area contributed by atoms with Crippen molar-refractivity contribution in [2.75, 3.05) is 12.3 Å². The van der Waals surface area contributed by atoms with Crippen LogP contribution in [0.3, 0.4) is 0 Å². The van der Waals surface area contributed by atoms with Crippen molar-refractivity contribution < 1.29 is 13.2 Å². The number of sulfone groups is 1. The van der Waals surface area contributed by atoms with E-state index in [2.05, 4.69) is 0 Å². The molecule has 1 saturated carbocycles. The quantitative estimate of drug-likeness (QED) is 0.772. The van der Waals surface area contributed by atoms with Crippen molar-refractivity contribution >= 4 is 15.7 Å². The topological polar surface area (TPSA) is 54.5 Å². The first-order chi connectivity index (χ1) is 12.1. The Kier molecular flexibility index (Phi) is 6.15. The van der Waals surface area contributed by atoms with Crippen molar-refractivity contribution in [1.82, 2.24) is 4.90 Å². The molecule has 1 aliphatic carbocycles. The number of amides is 1. The summed E-state index contributed by atoms with van der Waals surface area (Å²) in [5, 5.41) is 0. The van der Waals surface area contributed by atoms with Crippen molar-refractivity contribution in [1.29, 1.82) is 0 Å². The molecule has 2 fully saturated rings. The number of likely N-dealkylation sites (tertiary alicyclic amines) is 1. The summed E-state index contributed by atoms with van der Waals surface area (Å²) < 4.78 is 25.2. The smallest absolute Gasteiger partial charge is 0.222 e. The van der Waals surface area contributed by atoms with Crippen molar-refractivity contribution in [2.45, 2.75) is 68.7 Å². The molecule has 0 radical (unpaired) electrons. The molecule has 0 aromatic heterocycles. The maximum atomic E-state index is 12.7. The predicted octanol–water partition coefficient (Wildman–Crippen LogP) is 3.81. The van der Waals surface area contributed by atoms with Crippen LogP contribution in [0.1, 0.15) is 57.8 Å². The zero-order valence-corrected chi connectivity index (χ0v) is 15.7. The number of nitrogens with zero attached hydrogens (tertiary/aromatic N) is 1. The molecule has 0 N–H and O–H groups in total. The second-order valence-electron chi connectivity index (χ2n) is 7.52.